The third kappa shape index (κ3) is 4.58. The van der Waals surface area contributed by atoms with Crippen molar-refractivity contribution >= 4 is 27.5 Å². The van der Waals surface area contributed by atoms with Gasteiger partial charge in [-0.3, -0.25) is 4.72 Å². The van der Waals surface area contributed by atoms with Crippen LogP contribution in [-0.4, -0.2) is 23.7 Å². The normalized spacial score (nSPS) is 14.4. The Hall–Kier alpha value is -2.67. The third-order valence-corrected chi connectivity index (χ3v) is 6.92. The zero-order valence-corrected chi connectivity index (χ0v) is 17.5. The Bertz CT molecular complexity index is 1230. The number of nitrogens with zero attached hydrogens (tertiary/aromatic N) is 2. The molecule has 2 aromatic carbocycles. The maximum Gasteiger partial charge on any atom is 0.416 e. The zero-order chi connectivity index (χ0) is 23.3. The number of alkyl halides is 6. The van der Waals surface area contributed by atoms with Crippen LogP contribution in [0.2, 0.25) is 0 Å². The number of imidazole rings is 1. The highest BCUT2D eigenvalue weighted by molar-refractivity contribution is 7.99. The lowest BCUT2D eigenvalue weighted by molar-refractivity contribution is -0.143. The third-order valence-electron chi connectivity index (χ3n) is 4.59. The summed E-state index contributed by atoms with van der Waals surface area (Å²) < 4.78 is 108. The minimum absolute atomic E-state index is 0.0331. The van der Waals surface area contributed by atoms with Crippen molar-refractivity contribution in [1.82, 2.24) is 9.55 Å². The molecule has 0 radical (unpaired) electrons. The van der Waals surface area contributed by atoms with Crippen LogP contribution in [0.4, 0.5) is 32.0 Å². The van der Waals surface area contributed by atoms with E-state index in [4.69, 9.17) is 0 Å². The van der Waals surface area contributed by atoms with Crippen LogP contribution in [0.1, 0.15) is 11.1 Å². The number of aryl methyl sites for hydroxylation is 1. The Morgan fingerprint density at radius 3 is 2.22 bits per heavy atom. The number of hydrogen-bond acceptors (Lipinski definition) is 4. The quantitative estimate of drug-likeness (QED) is 0.488. The van der Waals surface area contributed by atoms with Crippen molar-refractivity contribution in [3.63, 3.8) is 0 Å². The minimum Gasteiger partial charge on any atom is -0.325 e. The molecule has 32 heavy (non-hydrogen) atoms. The second kappa shape index (κ2) is 7.73. The van der Waals surface area contributed by atoms with Crippen LogP contribution in [0, 0.1) is 0 Å². The summed E-state index contributed by atoms with van der Waals surface area (Å²) in [5.41, 5.74) is -2.37. The summed E-state index contributed by atoms with van der Waals surface area (Å²) in [5.74, 6) is 0.888. The first kappa shape index (κ1) is 22.5. The molecule has 5 nitrogen and oxygen atoms in total. The van der Waals surface area contributed by atoms with Crippen molar-refractivity contribution in [2.24, 2.45) is 0 Å². The summed E-state index contributed by atoms with van der Waals surface area (Å²) >= 11 is 1.56. The highest BCUT2D eigenvalue weighted by Crippen LogP contribution is 2.38. The fourth-order valence-electron chi connectivity index (χ4n) is 3.09. The Morgan fingerprint density at radius 1 is 0.969 bits per heavy atom. The number of aromatic nitrogens is 2. The average molecular weight is 493 g/mol. The molecule has 0 unspecified atom stereocenters. The second-order valence-electron chi connectivity index (χ2n) is 6.88. The van der Waals surface area contributed by atoms with Gasteiger partial charge in [-0.15, -0.1) is 0 Å². The van der Waals surface area contributed by atoms with Gasteiger partial charge in [-0.05, 0) is 30.3 Å². The van der Waals surface area contributed by atoms with Gasteiger partial charge < -0.3 is 4.57 Å². The largest absolute Gasteiger partial charge is 0.416 e. The number of nitrogens with one attached hydrogen (secondary N) is 1. The predicted molar refractivity (Wildman–Crippen MR) is 106 cm³/mol. The van der Waals surface area contributed by atoms with E-state index < -0.39 is 38.4 Å². The summed E-state index contributed by atoms with van der Waals surface area (Å²) in [6, 6.07) is 6.09. The molecule has 0 saturated carbocycles. The van der Waals surface area contributed by atoms with Crippen LogP contribution in [0.15, 0.2) is 58.7 Å². The number of benzene rings is 2. The van der Waals surface area contributed by atoms with Crippen molar-refractivity contribution in [3.05, 3.63) is 59.8 Å². The molecule has 13 heteroatoms. The topological polar surface area (TPSA) is 64.0 Å². The van der Waals surface area contributed by atoms with E-state index in [1.807, 2.05) is 9.29 Å². The van der Waals surface area contributed by atoms with E-state index in [2.05, 4.69) is 4.98 Å². The smallest absolute Gasteiger partial charge is 0.325 e. The average Bonchev–Trinajstić information content (AvgIpc) is 3.28. The molecule has 0 saturated heterocycles. The van der Waals surface area contributed by atoms with Crippen LogP contribution < -0.4 is 4.72 Å². The second-order valence-corrected chi connectivity index (χ2v) is 9.62. The van der Waals surface area contributed by atoms with Gasteiger partial charge in [0.25, 0.3) is 10.0 Å². The molecule has 1 aliphatic heterocycles. The lowest BCUT2D eigenvalue weighted by Crippen LogP contribution is -2.17. The van der Waals surface area contributed by atoms with Crippen LogP contribution in [0.3, 0.4) is 0 Å². The molecule has 0 aliphatic carbocycles. The summed E-state index contributed by atoms with van der Waals surface area (Å²) in [6.07, 6.45) is -8.54. The maximum absolute atomic E-state index is 13.1. The molecule has 0 amide bonds. The number of fused-ring (bicyclic) bond motifs is 1. The van der Waals surface area contributed by atoms with Crippen molar-refractivity contribution in [3.8, 4) is 11.3 Å². The zero-order valence-electron chi connectivity index (χ0n) is 15.8. The number of anilines is 1. The van der Waals surface area contributed by atoms with Gasteiger partial charge >= 0.3 is 12.4 Å². The van der Waals surface area contributed by atoms with Crippen LogP contribution >= 0.6 is 11.8 Å². The molecule has 0 bridgehead atoms. The molecule has 170 valence electrons. The number of halogens is 6. The summed E-state index contributed by atoms with van der Waals surface area (Å²) in [7, 11) is -4.75. The van der Waals surface area contributed by atoms with E-state index in [0.29, 0.717) is 11.3 Å². The minimum atomic E-state index is -5.16. The first-order valence-corrected chi connectivity index (χ1v) is 11.4. The van der Waals surface area contributed by atoms with Gasteiger partial charge in [0.2, 0.25) is 0 Å². The van der Waals surface area contributed by atoms with Gasteiger partial charge in [0.15, 0.2) is 5.16 Å². The molecule has 1 N–H and O–H groups in total. The predicted octanol–water partition coefficient (Wildman–Crippen LogP) is 5.49. The number of rotatable bonds is 4. The maximum atomic E-state index is 13.1. The van der Waals surface area contributed by atoms with Crippen molar-refractivity contribution in [2.75, 3.05) is 10.5 Å². The van der Waals surface area contributed by atoms with Crippen molar-refractivity contribution < 1.29 is 34.8 Å². The molecule has 4 rings (SSSR count). The van der Waals surface area contributed by atoms with Gasteiger partial charge in [0.05, 0.1) is 21.7 Å². The SMILES string of the molecule is O=S(=O)(Nc1cccc(-c2cn3c(n2)SCC3)c1)c1cc(C(F)(F)F)cc(C(F)(F)F)c1. The van der Waals surface area contributed by atoms with Gasteiger partial charge in [-0.1, -0.05) is 23.9 Å². The Morgan fingerprint density at radius 2 is 1.62 bits per heavy atom. The standard InChI is InChI=1S/C19H13F6N3O2S2/c20-18(21,22)12-7-13(19(23,24)25)9-15(8-12)32(29,30)27-14-3-1-2-11(6-14)16-10-28-4-5-31-17(28)26-16/h1-3,6-10,27H,4-5H2. The van der Waals surface area contributed by atoms with Crippen LogP contribution in [0.25, 0.3) is 11.3 Å². The van der Waals surface area contributed by atoms with Gasteiger partial charge in [0.1, 0.15) is 0 Å². The number of hydrogen-bond donors (Lipinski definition) is 1. The first-order chi connectivity index (χ1) is 14.8. The molecule has 0 spiro atoms. The highest BCUT2D eigenvalue weighted by atomic mass is 32.2. The van der Waals surface area contributed by atoms with Crippen molar-refractivity contribution in [2.45, 2.75) is 28.9 Å². The van der Waals surface area contributed by atoms with Gasteiger partial charge in [-0.2, -0.15) is 26.3 Å². The summed E-state index contributed by atoms with van der Waals surface area (Å²) in [6.45, 7) is 0.774. The van der Waals surface area contributed by atoms with E-state index in [0.717, 1.165) is 17.5 Å². The van der Waals surface area contributed by atoms with E-state index in [1.54, 1.807) is 24.0 Å². The molecule has 0 fully saturated rings. The summed E-state index contributed by atoms with van der Waals surface area (Å²) in [5, 5.41) is 0.801. The van der Waals surface area contributed by atoms with Crippen molar-refractivity contribution in [1.29, 1.82) is 0 Å². The molecule has 1 aromatic heterocycles. The Labute approximate surface area is 182 Å². The number of thioether (sulfide) groups is 1. The summed E-state index contributed by atoms with van der Waals surface area (Å²) in [4.78, 5) is 3.28. The van der Waals surface area contributed by atoms with Crippen LogP contribution in [0.5, 0.6) is 0 Å². The molecule has 1 aliphatic rings. The molecule has 3 aromatic rings. The van der Waals surface area contributed by atoms with E-state index in [9.17, 15) is 34.8 Å². The fourth-order valence-corrected chi connectivity index (χ4v) is 5.15. The molecule has 2 heterocycles. The molecule has 0 atom stereocenters. The molecular weight excluding hydrogens is 480 g/mol. The van der Waals surface area contributed by atoms with Crippen LogP contribution in [-0.2, 0) is 28.9 Å². The Kier molecular flexibility index (Phi) is 5.44. The molecular formula is C19H13F6N3O2S2. The Balaban J connectivity index is 1.69. The van der Waals surface area contributed by atoms with E-state index in [-0.39, 0.29) is 23.9 Å². The monoisotopic (exact) mass is 493 g/mol. The lowest BCUT2D eigenvalue weighted by atomic mass is 10.1. The van der Waals surface area contributed by atoms with E-state index >= 15 is 0 Å². The fraction of sp³-hybridized carbons (Fsp3) is 0.211. The number of sulfonamides is 1. The van der Waals surface area contributed by atoms with E-state index in [1.165, 1.54) is 18.2 Å². The first-order valence-electron chi connectivity index (χ1n) is 8.96. The van der Waals surface area contributed by atoms with Gasteiger partial charge in [-0.25, -0.2) is 13.4 Å². The highest BCUT2D eigenvalue weighted by Gasteiger charge is 2.38. The van der Waals surface area contributed by atoms with Gasteiger partial charge in [0, 0.05) is 29.7 Å². The lowest BCUT2D eigenvalue weighted by Gasteiger charge is -2.15.